The van der Waals surface area contributed by atoms with E-state index in [-0.39, 0.29) is 16.9 Å². The van der Waals surface area contributed by atoms with E-state index < -0.39 is 0 Å². The van der Waals surface area contributed by atoms with Gasteiger partial charge in [0.15, 0.2) is 0 Å². The molecule has 0 rings (SSSR count). The summed E-state index contributed by atoms with van der Waals surface area (Å²) in [6.45, 7) is 8.36. The van der Waals surface area contributed by atoms with Crippen molar-refractivity contribution in [1.29, 1.82) is 0 Å². The average Bonchev–Trinajstić information content (AvgIpc) is 2.00. The minimum atomic E-state index is -0.308. The third-order valence-corrected chi connectivity index (χ3v) is 3.07. The van der Waals surface area contributed by atoms with Crippen LogP contribution in [0.25, 0.3) is 0 Å². The van der Waals surface area contributed by atoms with Crippen molar-refractivity contribution in [3.05, 3.63) is 0 Å². The Morgan fingerprint density at radius 3 is 1.67 bits per heavy atom. The van der Waals surface area contributed by atoms with Gasteiger partial charge >= 0.3 is 0 Å². The maximum atomic E-state index is 12.0. The molecule has 0 aliphatic rings. The molecule has 1 amide bonds. The number of rotatable bonds is 4. The highest BCUT2D eigenvalue weighted by Crippen LogP contribution is 2.31. The second kappa shape index (κ2) is 4.52. The predicted molar refractivity (Wildman–Crippen MR) is 64.9 cm³/mol. The van der Waals surface area contributed by atoms with Gasteiger partial charge in [-0.15, -0.1) is 0 Å². The van der Waals surface area contributed by atoms with Gasteiger partial charge < -0.3 is 9.80 Å². The van der Waals surface area contributed by atoms with Crippen LogP contribution in [0.5, 0.6) is 0 Å². The largest absolute Gasteiger partial charge is 0.348 e. The minimum absolute atomic E-state index is 0.0369. The van der Waals surface area contributed by atoms with Gasteiger partial charge in [0.1, 0.15) is 0 Å². The van der Waals surface area contributed by atoms with E-state index in [1.807, 2.05) is 27.9 Å². The Labute approximate surface area is 94.4 Å². The van der Waals surface area contributed by atoms with E-state index in [0.29, 0.717) is 0 Å². The van der Waals surface area contributed by atoms with Gasteiger partial charge in [-0.1, -0.05) is 13.8 Å². The number of hydrogen-bond acceptors (Lipinski definition) is 2. The molecule has 0 aromatic heterocycles. The summed E-state index contributed by atoms with van der Waals surface area (Å²) in [5.74, 6) is 0.192. The van der Waals surface area contributed by atoms with E-state index in [4.69, 9.17) is 0 Å². The molecule has 0 aromatic rings. The molecule has 0 heterocycles. The zero-order chi connectivity index (χ0) is 12.4. The van der Waals surface area contributed by atoms with Crippen molar-refractivity contribution in [3.63, 3.8) is 0 Å². The van der Waals surface area contributed by atoms with Gasteiger partial charge in [-0.2, -0.15) is 0 Å². The molecular formula is C12H26N2O. The number of hydrogen-bond donors (Lipinski definition) is 0. The van der Waals surface area contributed by atoms with E-state index >= 15 is 0 Å². The van der Waals surface area contributed by atoms with Crippen LogP contribution in [0.15, 0.2) is 0 Å². The van der Waals surface area contributed by atoms with Crippen LogP contribution in [0.1, 0.15) is 34.1 Å². The third-order valence-electron chi connectivity index (χ3n) is 3.07. The van der Waals surface area contributed by atoms with Crippen molar-refractivity contribution in [2.45, 2.75) is 39.7 Å². The van der Waals surface area contributed by atoms with Crippen molar-refractivity contribution in [2.75, 3.05) is 28.2 Å². The molecule has 0 radical (unpaired) electrons. The Hall–Kier alpha value is -0.570. The van der Waals surface area contributed by atoms with E-state index in [9.17, 15) is 4.79 Å². The first-order valence-corrected chi connectivity index (χ1v) is 5.40. The average molecular weight is 214 g/mol. The maximum absolute atomic E-state index is 12.0. The van der Waals surface area contributed by atoms with E-state index in [1.54, 1.807) is 4.90 Å². The molecule has 15 heavy (non-hydrogen) atoms. The Morgan fingerprint density at radius 1 is 1.00 bits per heavy atom. The molecule has 90 valence electrons. The first-order chi connectivity index (χ1) is 6.50. The second-order valence-corrected chi connectivity index (χ2v) is 5.97. The first kappa shape index (κ1) is 14.4. The standard InChI is InChI=1S/C12H26N2O/c1-11(2,10(15)13(5)6)9-12(3,4)14(7)8/h9H2,1-8H3. The lowest BCUT2D eigenvalue weighted by atomic mass is 9.78. The second-order valence-electron chi connectivity index (χ2n) is 5.97. The Morgan fingerprint density at radius 2 is 1.40 bits per heavy atom. The van der Waals surface area contributed by atoms with Crippen LogP contribution < -0.4 is 0 Å². The van der Waals surface area contributed by atoms with Crippen molar-refractivity contribution in [2.24, 2.45) is 5.41 Å². The molecular weight excluding hydrogens is 188 g/mol. The van der Waals surface area contributed by atoms with Crippen LogP contribution in [0, 0.1) is 5.41 Å². The molecule has 0 saturated heterocycles. The van der Waals surface area contributed by atoms with Gasteiger partial charge in [-0.05, 0) is 34.4 Å². The van der Waals surface area contributed by atoms with Crippen LogP contribution in [-0.2, 0) is 4.79 Å². The van der Waals surface area contributed by atoms with Crippen LogP contribution in [-0.4, -0.2) is 49.4 Å². The molecule has 0 unspecified atom stereocenters. The van der Waals surface area contributed by atoms with Crippen molar-refractivity contribution >= 4 is 5.91 Å². The molecule has 0 aliphatic heterocycles. The van der Waals surface area contributed by atoms with Crippen LogP contribution in [0.4, 0.5) is 0 Å². The third kappa shape index (κ3) is 3.82. The molecule has 0 saturated carbocycles. The molecule has 0 N–H and O–H groups in total. The quantitative estimate of drug-likeness (QED) is 0.713. The fourth-order valence-electron chi connectivity index (χ4n) is 1.92. The van der Waals surface area contributed by atoms with Crippen molar-refractivity contribution in [3.8, 4) is 0 Å². The van der Waals surface area contributed by atoms with Gasteiger partial charge in [0.2, 0.25) is 5.91 Å². The first-order valence-electron chi connectivity index (χ1n) is 5.40. The topological polar surface area (TPSA) is 23.6 Å². The van der Waals surface area contributed by atoms with Crippen LogP contribution in [0.2, 0.25) is 0 Å². The van der Waals surface area contributed by atoms with Crippen LogP contribution >= 0.6 is 0 Å². The van der Waals surface area contributed by atoms with Gasteiger partial charge in [0.25, 0.3) is 0 Å². The van der Waals surface area contributed by atoms with Gasteiger partial charge in [0, 0.05) is 25.0 Å². The lowest BCUT2D eigenvalue weighted by molar-refractivity contribution is -0.139. The molecule has 0 aromatic carbocycles. The zero-order valence-corrected chi connectivity index (χ0v) is 11.5. The summed E-state index contributed by atoms with van der Waals surface area (Å²) in [5, 5.41) is 0. The highest BCUT2D eigenvalue weighted by Gasteiger charge is 2.36. The summed E-state index contributed by atoms with van der Waals surface area (Å²) in [6, 6.07) is 0. The number of carbonyl (C=O) groups is 1. The predicted octanol–water partition coefficient (Wildman–Crippen LogP) is 1.83. The summed E-state index contributed by atoms with van der Waals surface area (Å²) >= 11 is 0. The molecule has 0 spiro atoms. The normalized spacial score (nSPS) is 13.1. The summed E-state index contributed by atoms with van der Waals surface area (Å²) < 4.78 is 0. The Balaban J connectivity index is 4.71. The molecule has 0 atom stereocenters. The fourth-order valence-corrected chi connectivity index (χ4v) is 1.92. The number of nitrogens with zero attached hydrogens (tertiary/aromatic N) is 2. The van der Waals surface area contributed by atoms with E-state index in [2.05, 4.69) is 32.8 Å². The highest BCUT2D eigenvalue weighted by molar-refractivity contribution is 5.81. The summed E-state index contributed by atoms with van der Waals surface area (Å²) in [5.41, 5.74) is -0.271. The van der Waals surface area contributed by atoms with Gasteiger partial charge in [-0.3, -0.25) is 4.79 Å². The maximum Gasteiger partial charge on any atom is 0.227 e. The highest BCUT2D eigenvalue weighted by atomic mass is 16.2. The number of carbonyl (C=O) groups excluding carboxylic acids is 1. The zero-order valence-electron chi connectivity index (χ0n) is 11.5. The SMILES string of the molecule is CN(C)C(=O)C(C)(C)CC(C)(C)N(C)C. The molecule has 0 bridgehead atoms. The fraction of sp³-hybridized carbons (Fsp3) is 0.917. The monoisotopic (exact) mass is 214 g/mol. The summed E-state index contributed by atoms with van der Waals surface area (Å²) in [4.78, 5) is 15.8. The van der Waals surface area contributed by atoms with Gasteiger partial charge in [0.05, 0.1) is 0 Å². The Bertz CT molecular complexity index is 230. The minimum Gasteiger partial charge on any atom is -0.348 e. The lowest BCUT2D eigenvalue weighted by Gasteiger charge is -2.39. The Kier molecular flexibility index (Phi) is 4.35. The van der Waals surface area contributed by atoms with Crippen molar-refractivity contribution in [1.82, 2.24) is 9.80 Å². The molecule has 3 heteroatoms. The molecule has 0 aliphatic carbocycles. The van der Waals surface area contributed by atoms with Crippen LogP contribution in [0.3, 0.4) is 0 Å². The summed E-state index contributed by atoms with van der Waals surface area (Å²) in [7, 11) is 7.73. The van der Waals surface area contributed by atoms with Gasteiger partial charge in [-0.25, -0.2) is 0 Å². The summed E-state index contributed by atoms with van der Waals surface area (Å²) in [6.07, 6.45) is 0.851. The van der Waals surface area contributed by atoms with E-state index in [1.165, 1.54) is 0 Å². The van der Waals surface area contributed by atoms with Crippen molar-refractivity contribution < 1.29 is 4.79 Å². The lowest BCUT2D eigenvalue weighted by Crippen LogP contribution is -2.46. The molecule has 3 nitrogen and oxygen atoms in total. The molecule has 0 fully saturated rings. The number of amides is 1. The van der Waals surface area contributed by atoms with E-state index in [0.717, 1.165) is 6.42 Å². The smallest absolute Gasteiger partial charge is 0.227 e.